The van der Waals surface area contributed by atoms with Crippen molar-refractivity contribution < 1.29 is 21.3 Å². The molecule has 0 saturated heterocycles. The first-order chi connectivity index (χ1) is 19.9. The van der Waals surface area contributed by atoms with Gasteiger partial charge in [-0.3, -0.25) is 0 Å². The van der Waals surface area contributed by atoms with Crippen molar-refractivity contribution >= 4 is 10.4 Å². The Bertz CT molecular complexity index is 732. The van der Waals surface area contributed by atoms with Crippen molar-refractivity contribution in [3.05, 3.63) is 35.9 Å². The van der Waals surface area contributed by atoms with Crippen LogP contribution in [0.3, 0.4) is 0 Å². The summed E-state index contributed by atoms with van der Waals surface area (Å²) in [4.78, 5) is 0. The van der Waals surface area contributed by atoms with Crippen LogP contribution < -0.4 is 0 Å². The Balaban J connectivity index is 0.000000831. The molecule has 41 heavy (non-hydrogen) atoms. The van der Waals surface area contributed by atoms with Gasteiger partial charge < -0.3 is 4.48 Å². The number of rotatable bonds is 27. The van der Waals surface area contributed by atoms with Crippen LogP contribution in [0.2, 0.25) is 0 Å². The van der Waals surface area contributed by atoms with Crippen LogP contribution in [0, 0.1) is 0 Å². The summed E-state index contributed by atoms with van der Waals surface area (Å²) in [7, 11) is -3.89. The van der Waals surface area contributed by atoms with Crippen molar-refractivity contribution in [1.82, 2.24) is 0 Å². The minimum absolute atomic E-state index is 0.0151. The second-order valence-electron chi connectivity index (χ2n) is 11.8. The maximum absolute atomic E-state index is 11.6. The van der Waals surface area contributed by atoms with Gasteiger partial charge in [-0.15, -0.1) is 0 Å². The molecule has 0 saturated carbocycles. The van der Waals surface area contributed by atoms with Gasteiger partial charge >= 0.3 is 10.4 Å². The zero-order valence-corrected chi connectivity index (χ0v) is 28.7. The summed E-state index contributed by atoms with van der Waals surface area (Å²) >= 11 is 0. The fraction of sp³-hybridized carbons (Fsp3) is 0.829. The first kappa shape index (κ1) is 40.1. The van der Waals surface area contributed by atoms with E-state index in [2.05, 4.69) is 34.6 Å². The number of hydrogen-bond donors (Lipinski definition) is 0. The fourth-order valence-corrected chi connectivity index (χ4v) is 5.81. The van der Waals surface area contributed by atoms with Crippen molar-refractivity contribution in [2.45, 2.75) is 157 Å². The van der Waals surface area contributed by atoms with Crippen LogP contribution in [-0.2, 0) is 25.4 Å². The predicted octanol–water partition coefficient (Wildman–Crippen LogP) is 10.4. The van der Waals surface area contributed by atoms with E-state index in [-0.39, 0.29) is 13.2 Å². The third-order valence-electron chi connectivity index (χ3n) is 7.88. The number of hydrogen-bond acceptors (Lipinski definition) is 4. The van der Waals surface area contributed by atoms with Gasteiger partial charge in [0.15, 0.2) is 0 Å². The molecule has 5 nitrogen and oxygen atoms in total. The summed E-state index contributed by atoms with van der Waals surface area (Å²) in [5.74, 6) is 0. The van der Waals surface area contributed by atoms with Gasteiger partial charge in [0.2, 0.25) is 0 Å². The lowest BCUT2D eigenvalue weighted by Crippen LogP contribution is -2.50. The molecule has 0 radical (unpaired) electrons. The molecule has 6 heteroatoms. The van der Waals surface area contributed by atoms with E-state index in [9.17, 15) is 8.42 Å². The maximum atomic E-state index is 11.6. The minimum atomic E-state index is -3.89. The van der Waals surface area contributed by atoms with E-state index in [1.807, 2.05) is 30.3 Å². The molecule has 0 aromatic heterocycles. The molecular formula is C35H68NO4S+. The van der Waals surface area contributed by atoms with Crippen LogP contribution in [0.1, 0.15) is 156 Å². The van der Waals surface area contributed by atoms with E-state index >= 15 is 0 Å². The zero-order valence-electron chi connectivity index (χ0n) is 27.8. The van der Waals surface area contributed by atoms with Crippen molar-refractivity contribution in [1.29, 1.82) is 0 Å². The molecule has 1 rings (SSSR count). The van der Waals surface area contributed by atoms with Crippen LogP contribution in [0.25, 0.3) is 0 Å². The molecule has 242 valence electrons. The molecule has 0 fully saturated rings. The summed E-state index contributed by atoms with van der Waals surface area (Å²) in [5.41, 5.74) is 0.809. The number of unbranched alkanes of at least 4 members (excludes halogenated alkanes) is 13. The normalized spacial score (nSPS) is 11.8. The Morgan fingerprint density at radius 1 is 0.512 bits per heavy atom. The van der Waals surface area contributed by atoms with Crippen LogP contribution in [0.4, 0.5) is 0 Å². The molecule has 0 unspecified atom stereocenters. The largest absolute Gasteiger partial charge is 0.400 e. The van der Waals surface area contributed by atoms with Gasteiger partial charge in [-0.05, 0) is 37.7 Å². The Labute approximate surface area is 256 Å². The van der Waals surface area contributed by atoms with Gasteiger partial charge in [-0.25, -0.2) is 8.37 Å². The van der Waals surface area contributed by atoms with Crippen molar-refractivity contribution in [2.24, 2.45) is 0 Å². The molecule has 0 N–H and O–H groups in total. The van der Waals surface area contributed by atoms with E-state index in [4.69, 9.17) is 8.37 Å². The third-order valence-corrected chi connectivity index (χ3v) is 8.74. The molecule has 0 spiro atoms. The molecule has 0 bridgehead atoms. The highest BCUT2D eigenvalue weighted by Crippen LogP contribution is 2.16. The smallest absolute Gasteiger partial charge is 0.324 e. The number of nitrogens with zero attached hydrogens (tertiary/aromatic N) is 1. The molecule has 1 aromatic carbocycles. The molecule has 0 atom stereocenters. The summed E-state index contributed by atoms with van der Waals surface area (Å²) in [6.45, 7) is 17.5. The SMILES string of the molecule is CCCCCCCCCCCCOS(=O)(=O)OCc1ccccc1.CCCC[N+](CCCC)(CCCC)CCCC. The first-order valence-corrected chi connectivity index (χ1v) is 18.6. The Morgan fingerprint density at radius 2 is 0.902 bits per heavy atom. The van der Waals surface area contributed by atoms with Crippen LogP contribution in [0.5, 0.6) is 0 Å². The maximum Gasteiger partial charge on any atom is 0.400 e. The average molecular weight is 599 g/mol. The molecule has 1 aromatic rings. The highest BCUT2D eigenvalue weighted by molar-refractivity contribution is 7.81. The van der Waals surface area contributed by atoms with E-state index in [0.29, 0.717) is 0 Å². The van der Waals surface area contributed by atoms with Gasteiger partial charge in [0.05, 0.1) is 39.4 Å². The predicted molar refractivity (Wildman–Crippen MR) is 177 cm³/mol. The van der Waals surface area contributed by atoms with Gasteiger partial charge in [0.25, 0.3) is 0 Å². The second kappa shape index (κ2) is 27.9. The van der Waals surface area contributed by atoms with Crippen molar-refractivity contribution in [2.75, 3.05) is 32.8 Å². The Hall–Kier alpha value is -0.950. The molecular weight excluding hydrogens is 530 g/mol. The number of quaternary nitrogens is 1. The lowest BCUT2D eigenvalue weighted by molar-refractivity contribution is -0.929. The minimum Gasteiger partial charge on any atom is -0.324 e. The van der Waals surface area contributed by atoms with Crippen molar-refractivity contribution in [3.8, 4) is 0 Å². The van der Waals surface area contributed by atoms with Crippen LogP contribution >= 0.6 is 0 Å². The molecule has 0 amide bonds. The lowest BCUT2D eigenvalue weighted by Gasteiger charge is -2.39. The van der Waals surface area contributed by atoms with Crippen LogP contribution in [0.15, 0.2) is 30.3 Å². The highest BCUT2D eigenvalue weighted by Gasteiger charge is 2.24. The van der Waals surface area contributed by atoms with Gasteiger partial charge in [0, 0.05) is 0 Å². The van der Waals surface area contributed by atoms with E-state index in [0.717, 1.165) is 24.8 Å². The highest BCUT2D eigenvalue weighted by atomic mass is 32.3. The first-order valence-electron chi connectivity index (χ1n) is 17.3. The lowest BCUT2D eigenvalue weighted by atomic mass is 10.1. The quantitative estimate of drug-likeness (QED) is 0.0747. The third kappa shape index (κ3) is 24.2. The van der Waals surface area contributed by atoms with Crippen molar-refractivity contribution in [3.63, 3.8) is 0 Å². The topological polar surface area (TPSA) is 52.6 Å². The monoisotopic (exact) mass is 598 g/mol. The summed E-state index contributed by atoms with van der Waals surface area (Å²) in [6.07, 6.45) is 23.1. The summed E-state index contributed by atoms with van der Waals surface area (Å²) < 4.78 is 34.4. The average Bonchev–Trinajstić information content (AvgIpc) is 2.99. The van der Waals surface area contributed by atoms with E-state index < -0.39 is 10.4 Å². The van der Waals surface area contributed by atoms with E-state index in [1.165, 1.54) is 127 Å². The van der Waals surface area contributed by atoms with Gasteiger partial charge in [-0.2, -0.15) is 8.42 Å². The van der Waals surface area contributed by atoms with E-state index in [1.54, 1.807) is 0 Å². The summed E-state index contributed by atoms with van der Waals surface area (Å²) in [5, 5.41) is 0. The molecule has 0 aliphatic heterocycles. The van der Waals surface area contributed by atoms with Gasteiger partial charge in [-0.1, -0.05) is 148 Å². The molecule has 0 aliphatic rings. The fourth-order valence-electron chi connectivity index (χ4n) is 5.14. The Kier molecular flexibility index (Phi) is 27.2. The molecule has 0 heterocycles. The second-order valence-corrected chi connectivity index (χ2v) is 13.1. The van der Waals surface area contributed by atoms with Gasteiger partial charge in [0.1, 0.15) is 0 Å². The van der Waals surface area contributed by atoms with Crippen LogP contribution in [-0.4, -0.2) is 45.7 Å². The summed E-state index contributed by atoms with van der Waals surface area (Å²) in [6, 6.07) is 9.20. The molecule has 0 aliphatic carbocycles. The zero-order chi connectivity index (χ0) is 30.5. The number of benzene rings is 1. The Morgan fingerprint density at radius 3 is 1.32 bits per heavy atom. The standard InChI is InChI=1S/C19H32O4S.C16H36N/c1-2-3-4-5-6-7-8-9-10-14-17-22-24(20,21)23-18-19-15-12-11-13-16-19;1-5-9-13-17(14-10-6-2,15-11-7-3)16-12-8-4/h11-13,15-16H,2-10,14,17-18H2,1H3;5-16H2,1-4H3/q;+1.